The number of rotatable bonds is 8. The van der Waals surface area contributed by atoms with Crippen molar-refractivity contribution in [3.05, 3.63) is 71.9 Å². The van der Waals surface area contributed by atoms with Crippen LogP contribution in [0, 0.1) is 0 Å². The van der Waals surface area contributed by atoms with Gasteiger partial charge in [0.1, 0.15) is 11.4 Å². The van der Waals surface area contributed by atoms with Crippen LogP contribution in [0.1, 0.15) is 50.5 Å². The molecule has 0 fully saturated rings. The summed E-state index contributed by atoms with van der Waals surface area (Å²) in [6.45, 7) is 9.36. The smallest absolute Gasteiger partial charge is 0.413 e. The Morgan fingerprint density at radius 1 is 0.976 bits per heavy atom. The van der Waals surface area contributed by atoms with Crippen LogP contribution in [-0.4, -0.2) is 56.5 Å². The van der Waals surface area contributed by atoms with E-state index in [0.717, 1.165) is 5.56 Å². The third-order valence-electron chi connectivity index (χ3n) is 4.86. The number of nitrogens with one attached hydrogen (secondary N) is 1. The average Bonchev–Trinajstić information content (AvgIpc) is 3.41. The molecule has 0 aliphatic rings. The first-order chi connectivity index (χ1) is 19.6. The molecule has 0 unspecified atom stereocenters. The van der Waals surface area contributed by atoms with Crippen LogP contribution in [0.15, 0.2) is 66.0 Å². The number of ether oxygens (including phenoxy) is 2. The molecule has 0 aliphatic heterocycles. The molecular formula is C29H34N6O4S2. The van der Waals surface area contributed by atoms with Crippen LogP contribution < -0.4 is 10.1 Å². The van der Waals surface area contributed by atoms with Gasteiger partial charge in [0.2, 0.25) is 0 Å². The van der Waals surface area contributed by atoms with Crippen molar-refractivity contribution >= 4 is 40.2 Å². The molecule has 216 valence electrons. The monoisotopic (exact) mass is 594 g/mol. The Balaban J connectivity index is 0.00000226. The summed E-state index contributed by atoms with van der Waals surface area (Å²) in [6.07, 6.45) is 0.974. The van der Waals surface area contributed by atoms with E-state index >= 15 is 0 Å². The summed E-state index contributed by atoms with van der Waals surface area (Å²) in [4.78, 5) is 44.3. The van der Waals surface area contributed by atoms with Crippen molar-refractivity contribution in [2.24, 2.45) is 0 Å². The van der Waals surface area contributed by atoms with Gasteiger partial charge in [0, 0.05) is 25.4 Å². The largest absolute Gasteiger partial charge is 0.444 e. The van der Waals surface area contributed by atoms with E-state index in [1.54, 1.807) is 65.3 Å². The second-order valence-electron chi connectivity index (χ2n) is 9.48. The summed E-state index contributed by atoms with van der Waals surface area (Å²) in [6, 6.07) is 16.8. The summed E-state index contributed by atoms with van der Waals surface area (Å²) in [7, 11) is 3.39. The van der Waals surface area contributed by atoms with Crippen molar-refractivity contribution in [2.75, 3.05) is 19.4 Å². The molecule has 4 aromatic rings. The molecule has 2 aromatic carbocycles. The number of amides is 2. The Bertz CT molecular complexity index is 1440. The Kier molecular flexibility index (Phi) is 11.2. The normalized spacial score (nSPS) is 10.7. The predicted molar refractivity (Wildman–Crippen MR) is 163 cm³/mol. The van der Waals surface area contributed by atoms with Crippen LogP contribution in [0.5, 0.6) is 11.8 Å². The van der Waals surface area contributed by atoms with Gasteiger partial charge in [0.25, 0.3) is 5.91 Å². The van der Waals surface area contributed by atoms with Gasteiger partial charge in [0.05, 0.1) is 11.1 Å². The lowest BCUT2D eigenvalue weighted by atomic mass is 10.2. The number of carbonyl (C=O) groups is 2. The zero-order valence-electron chi connectivity index (χ0n) is 24.2. The molecule has 1 N–H and O–H groups in total. The van der Waals surface area contributed by atoms with E-state index in [4.69, 9.17) is 9.47 Å². The van der Waals surface area contributed by atoms with Gasteiger partial charge in [-0.1, -0.05) is 67.3 Å². The van der Waals surface area contributed by atoms with Gasteiger partial charge in [-0.3, -0.25) is 10.1 Å². The summed E-state index contributed by atoms with van der Waals surface area (Å²) in [5.41, 5.74) is 1.03. The zero-order chi connectivity index (χ0) is 30.0. The van der Waals surface area contributed by atoms with Gasteiger partial charge in [-0.05, 0) is 50.6 Å². The minimum atomic E-state index is -0.631. The van der Waals surface area contributed by atoms with E-state index in [0.29, 0.717) is 38.1 Å². The Hall–Kier alpha value is -4.03. The number of benzene rings is 2. The second kappa shape index (κ2) is 14.6. The number of aromatic nitrogens is 4. The Labute approximate surface area is 248 Å². The van der Waals surface area contributed by atoms with Crippen molar-refractivity contribution in [2.45, 2.75) is 51.1 Å². The molecule has 12 heteroatoms. The second-order valence-corrected chi connectivity index (χ2v) is 11.5. The van der Waals surface area contributed by atoms with Gasteiger partial charge in [-0.2, -0.15) is 9.97 Å². The van der Waals surface area contributed by atoms with Crippen molar-refractivity contribution in [1.29, 1.82) is 0 Å². The number of carbonyl (C=O) groups excluding carboxylic acids is 2. The van der Waals surface area contributed by atoms with Crippen molar-refractivity contribution in [3.8, 4) is 22.5 Å². The minimum absolute atomic E-state index is 0.0947. The summed E-state index contributed by atoms with van der Waals surface area (Å²) < 4.78 is 11.2. The molecule has 0 bridgehead atoms. The Morgan fingerprint density at radius 3 is 2.29 bits per heavy atom. The van der Waals surface area contributed by atoms with E-state index in [1.807, 2.05) is 44.2 Å². The molecule has 10 nitrogen and oxygen atoms in total. The van der Waals surface area contributed by atoms with Gasteiger partial charge in [-0.25, -0.2) is 14.8 Å². The fraction of sp³-hybridized carbons (Fsp3) is 0.310. The highest BCUT2D eigenvalue weighted by Crippen LogP contribution is 2.31. The van der Waals surface area contributed by atoms with Crippen molar-refractivity contribution < 1.29 is 19.1 Å². The van der Waals surface area contributed by atoms with Crippen LogP contribution in [0.4, 0.5) is 9.93 Å². The maximum absolute atomic E-state index is 12.2. The molecule has 0 saturated carbocycles. The zero-order valence-corrected chi connectivity index (χ0v) is 25.8. The predicted octanol–water partition coefficient (Wildman–Crippen LogP) is 7.15. The van der Waals surface area contributed by atoms with Gasteiger partial charge < -0.3 is 14.4 Å². The van der Waals surface area contributed by atoms with Crippen LogP contribution >= 0.6 is 23.1 Å². The number of nitrogens with zero attached hydrogens (tertiary/aromatic N) is 5. The van der Waals surface area contributed by atoms with Gasteiger partial charge in [-0.15, -0.1) is 0 Å². The Morgan fingerprint density at radius 2 is 1.66 bits per heavy atom. The summed E-state index contributed by atoms with van der Waals surface area (Å²) in [5.74, 6) is 1.37. The van der Waals surface area contributed by atoms with Gasteiger partial charge >= 0.3 is 12.1 Å². The maximum Gasteiger partial charge on any atom is 0.413 e. The quantitative estimate of drug-likeness (QED) is 0.212. The van der Waals surface area contributed by atoms with Gasteiger partial charge in [0.15, 0.2) is 16.1 Å². The molecule has 2 heterocycles. The number of hydrogen-bond acceptors (Lipinski definition) is 10. The molecule has 4 rings (SSSR count). The molecule has 2 aromatic heterocycles. The molecule has 41 heavy (non-hydrogen) atoms. The fourth-order valence-corrected chi connectivity index (χ4v) is 4.65. The van der Waals surface area contributed by atoms with Crippen molar-refractivity contribution in [1.82, 2.24) is 24.8 Å². The third-order valence-corrected chi connectivity index (χ3v) is 6.68. The lowest BCUT2D eigenvalue weighted by Crippen LogP contribution is -2.27. The van der Waals surface area contributed by atoms with Crippen LogP contribution in [0.2, 0.25) is 0 Å². The highest BCUT2D eigenvalue weighted by atomic mass is 32.2. The number of hydrogen-bond donors (Lipinski definition) is 1. The molecule has 0 aliphatic carbocycles. The molecule has 2 amide bonds. The lowest BCUT2D eigenvalue weighted by molar-refractivity contribution is 0.0635. The molecular weight excluding hydrogens is 560 g/mol. The first kappa shape index (κ1) is 31.5. The van der Waals surface area contributed by atoms with Crippen molar-refractivity contribution in [3.63, 3.8) is 0 Å². The van der Waals surface area contributed by atoms with E-state index in [1.165, 1.54) is 28.0 Å². The molecule has 0 saturated heterocycles. The molecule has 0 radical (unpaired) electrons. The average molecular weight is 595 g/mol. The highest BCUT2D eigenvalue weighted by molar-refractivity contribution is 7.98. The van der Waals surface area contributed by atoms with E-state index in [-0.39, 0.29) is 11.9 Å². The number of anilines is 1. The van der Waals surface area contributed by atoms with Crippen LogP contribution in [-0.2, 0) is 10.5 Å². The standard InChI is InChI=1S/C27H28N6O4S2.C2H6/c1-27(2,3)37-26(35)32-24-28-15-20(39-24)21-29-23(31-25(30-21)38-16-17-9-7-6-8-10-17)36-19-13-11-18(12-14-19)22(34)33(4)5;1-2/h6-15H,16H2,1-5H3,(H,28,32,35);1-2H3. The fourth-order valence-electron chi connectivity index (χ4n) is 3.14. The third kappa shape index (κ3) is 9.83. The maximum atomic E-state index is 12.2. The molecule has 0 atom stereocenters. The lowest BCUT2D eigenvalue weighted by Gasteiger charge is -2.18. The summed E-state index contributed by atoms with van der Waals surface area (Å²) in [5, 5.41) is 3.45. The van der Waals surface area contributed by atoms with E-state index in [9.17, 15) is 9.59 Å². The van der Waals surface area contributed by atoms with Crippen LogP contribution in [0.25, 0.3) is 10.7 Å². The molecule has 0 spiro atoms. The summed E-state index contributed by atoms with van der Waals surface area (Å²) >= 11 is 2.65. The SMILES string of the molecule is CC.CN(C)C(=O)c1ccc(Oc2nc(SCc3ccccc3)nc(-c3cnc(NC(=O)OC(C)(C)C)s3)n2)cc1. The highest BCUT2D eigenvalue weighted by Gasteiger charge is 2.19. The first-order valence-electron chi connectivity index (χ1n) is 12.9. The number of thioether (sulfide) groups is 1. The number of thiazole rings is 1. The van der Waals surface area contributed by atoms with Crippen LogP contribution in [0.3, 0.4) is 0 Å². The van der Waals surface area contributed by atoms with E-state index < -0.39 is 11.7 Å². The topological polar surface area (TPSA) is 119 Å². The minimum Gasteiger partial charge on any atom is -0.444 e. The van der Waals surface area contributed by atoms with E-state index in [2.05, 4.69) is 25.3 Å². The first-order valence-corrected chi connectivity index (χ1v) is 14.7.